The van der Waals surface area contributed by atoms with Gasteiger partial charge in [0.15, 0.2) is 0 Å². The van der Waals surface area contributed by atoms with Gasteiger partial charge in [-0.15, -0.1) is 0 Å². The van der Waals surface area contributed by atoms with E-state index in [0.717, 1.165) is 35.9 Å². The van der Waals surface area contributed by atoms with Crippen molar-refractivity contribution in [1.29, 1.82) is 0 Å². The van der Waals surface area contributed by atoms with Crippen molar-refractivity contribution in [2.45, 2.75) is 46.0 Å². The third-order valence-corrected chi connectivity index (χ3v) is 6.70. The second-order valence-corrected chi connectivity index (χ2v) is 10.1. The normalized spacial score (nSPS) is 13.5. The molecule has 3 aromatic rings. The molecule has 0 unspecified atom stereocenters. The molecule has 0 saturated carbocycles. The highest BCUT2D eigenvalue weighted by Gasteiger charge is 2.32. The van der Waals surface area contributed by atoms with E-state index in [4.69, 9.17) is 4.74 Å². The van der Waals surface area contributed by atoms with Crippen molar-refractivity contribution < 1.29 is 40.7 Å². The lowest BCUT2D eigenvalue weighted by molar-refractivity contribution is -0.0916. The van der Waals surface area contributed by atoms with Gasteiger partial charge in [0.05, 0.1) is 5.57 Å². The second kappa shape index (κ2) is 15.3. The standard InChI is InChI=1S/C30H25F3N2O3.C5H7F3/c1-3-19(2)34-28(36)22-15-23(29(37)35-25-10-6-9-24(12-13-25)30(31,32)33)18-27(17-22)38-26-14-11-20-7-4-5-8-21(20)16-26;1-3-4(2)5(6,7)8/h4-12,14-18H,2-3,13H2,1H3,(H,34,36)(H,35,37);3H,1-2H3/b;4-3+. The Bertz CT molecular complexity index is 1730. The molecule has 11 heteroatoms. The summed E-state index contributed by atoms with van der Waals surface area (Å²) in [7, 11) is 0. The van der Waals surface area contributed by atoms with E-state index in [0.29, 0.717) is 17.9 Å². The Hall–Kier alpha value is -5.06. The average molecular weight is 643 g/mol. The molecule has 0 fully saturated rings. The number of fused-ring (bicyclic) bond motifs is 1. The summed E-state index contributed by atoms with van der Waals surface area (Å²) >= 11 is 0. The first-order chi connectivity index (χ1) is 21.6. The Morgan fingerprint density at radius 2 is 1.57 bits per heavy atom. The number of hydrogen-bond acceptors (Lipinski definition) is 3. The molecule has 0 bridgehead atoms. The number of rotatable bonds is 7. The van der Waals surface area contributed by atoms with Gasteiger partial charge in [-0.3, -0.25) is 9.59 Å². The van der Waals surface area contributed by atoms with E-state index in [-0.39, 0.29) is 29.0 Å². The summed E-state index contributed by atoms with van der Waals surface area (Å²) in [6, 6.07) is 17.6. The molecule has 4 rings (SSSR count). The van der Waals surface area contributed by atoms with E-state index in [1.54, 1.807) is 6.07 Å². The van der Waals surface area contributed by atoms with Gasteiger partial charge in [-0.1, -0.05) is 68.1 Å². The Morgan fingerprint density at radius 1 is 0.913 bits per heavy atom. The van der Waals surface area contributed by atoms with Gasteiger partial charge < -0.3 is 15.4 Å². The number of halogens is 6. The quantitative estimate of drug-likeness (QED) is 0.199. The van der Waals surface area contributed by atoms with Crippen LogP contribution in [0, 0.1) is 0 Å². The van der Waals surface area contributed by atoms with Crippen LogP contribution in [0.15, 0.2) is 120 Å². The van der Waals surface area contributed by atoms with Gasteiger partial charge in [-0.25, -0.2) is 0 Å². The SMILES string of the molecule is C/C=C(\C)C(F)(F)F.C=C(CC)NC(=O)c1cc(Oc2ccc3ccccc3c2)cc(C(=O)NC2=CC=CC(C(F)(F)F)=CC2)c1. The molecule has 0 heterocycles. The van der Waals surface area contributed by atoms with Crippen LogP contribution < -0.4 is 15.4 Å². The molecular formula is C35H32F6N2O3. The first-order valence-electron chi connectivity index (χ1n) is 14.1. The van der Waals surface area contributed by atoms with E-state index in [1.807, 2.05) is 43.3 Å². The van der Waals surface area contributed by atoms with Gasteiger partial charge in [0.25, 0.3) is 11.8 Å². The number of amides is 2. The zero-order chi connectivity index (χ0) is 34.1. The molecule has 2 amide bonds. The molecule has 2 N–H and O–H groups in total. The van der Waals surface area contributed by atoms with Crippen LogP contribution >= 0.6 is 0 Å². The first kappa shape index (κ1) is 35.4. The average Bonchev–Trinajstić information content (AvgIpc) is 3.26. The van der Waals surface area contributed by atoms with Crippen LogP contribution in [0.2, 0.25) is 0 Å². The first-order valence-corrected chi connectivity index (χ1v) is 14.1. The smallest absolute Gasteiger partial charge is 0.416 e. The van der Waals surface area contributed by atoms with Gasteiger partial charge in [0, 0.05) is 34.5 Å². The Balaban J connectivity index is 0.000000637. The molecule has 3 aromatic carbocycles. The molecule has 0 radical (unpaired) electrons. The van der Waals surface area contributed by atoms with Gasteiger partial charge in [-0.05, 0) is 67.4 Å². The van der Waals surface area contributed by atoms with Crippen LogP contribution in [-0.4, -0.2) is 24.2 Å². The number of alkyl halides is 6. The molecule has 0 aromatic heterocycles. The molecule has 46 heavy (non-hydrogen) atoms. The van der Waals surface area contributed by atoms with Crippen LogP contribution in [0.25, 0.3) is 10.8 Å². The predicted molar refractivity (Wildman–Crippen MR) is 166 cm³/mol. The number of allylic oxidation sites excluding steroid dienone is 8. The number of carbonyl (C=O) groups excluding carboxylic acids is 2. The number of carbonyl (C=O) groups is 2. The van der Waals surface area contributed by atoms with Crippen molar-refractivity contribution in [2.75, 3.05) is 0 Å². The van der Waals surface area contributed by atoms with E-state index in [1.165, 1.54) is 37.3 Å². The summed E-state index contributed by atoms with van der Waals surface area (Å²) in [5.74, 6) is -0.314. The monoisotopic (exact) mass is 642 g/mol. The van der Waals surface area contributed by atoms with Crippen LogP contribution in [0.1, 0.15) is 54.3 Å². The van der Waals surface area contributed by atoms with Gasteiger partial charge in [0.1, 0.15) is 11.5 Å². The minimum absolute atomic E-state index is 0.102. The fourth-order valence-corrected chi connectivity index (χ4v) is 3.92. The topological polar surface area (TPSA) is 67.4 Å². The summed E-state index contributed by atoms with van der Waals surface area (Å²) in [5, 5.41) is 7.30. The van der Waals surface area contributed by atoms with Crippen LogP contribution in [0.3, 0.4) is 0 Å². The third kappa shape index (κ3) is 10.3. The molecule has 0 atom stereocenters. The molecule has 0 aliphatic heterocycles. The molecule has 1 aliphatic carbocycles. The Labute approximate surface area is 262 Å². The molecule has 0 spiro atoms. The molecule has 5 nitrogen and oxygen atoms in total. The maximum Gasteiger partial charge on any atom is 0.416 e. The fraction of sp³-hybridized carbons (Fsp3) is 0.200. The van der Waals surface area contributed by atoms with Gasteiger partial charge >= 0.3 is 12.4 Å². The van der Waals surface area contributed by atoms with Gasteiger partial charge in [-0.2, -0.15) is 26.3 Å². The zero-order valence-electron chi connectivity index (χ0n) is 25.3. The molecular weight excluding hydrogens is 610 g/mol. The minimum Gasteiger partial charge on any atom is -0.457 e. The second-order valence-electron chi connectivity index (χ2n) is 10.1. The van der Waals surface area contributed by atoms with Crippen LogP contribution in [-0.2, 0) is 0 Å². The van der Waals surface area contributed by atoms with Crippen molar-refractivity contribution in [3.05, 3.63) is 131 Å². The Morgan fingerprint density at radius 3 is 2.15 bits per heavy atom. The molecule has 242 valence electrons. The third-order valence-electron chi connectivity index (χ3n) is 6.70. The lowest BCUT2D eigenvalue weighted by atomic mass is 10.1. The highest BCUT2D eigenvalue weighted by molar-refractivity contribution is 6.01. The summed E-state index contributed by atoms with van der Waals surface area (Å²) in [5.41, 5.74) is -0.292. The zero-order valence-corrected chi connectivity index (χ0v) is 25.3. The fourth-order valence-electron chi connectivity index (χ4n) is 3.92. The van der Waals surface area contributed by atoms with E-state index in [2.05, 4.69) is 17.2 Å². The maximum absolute atomic E-state index is 13.1. The van der Waals surface area contributed by atoms with Crippen molar-refractivity contribution in [1.82, 2.24) is 10.6 Å². The Kier molecular flexibility index (Phi) is 11.8. The number of nitrogens with one attached hydrogen (secondary N) is 2. The van der Waals surface area contributed by atoms with E-state index >= 15 is 0 Å². The summed E-state index contributed by atoms with van der Waals surface area (Å²) in [6.45, 7) is 8.03. The van der Waals surface area contributed by atoms with Crippen molar-refractivity contribution in [3.8, 4) is 11.5 Å². The number of benzene rings is 3. The molecule has 1 aliphatic rings. The summed E-state index contributed by atoms with van der Waals surface area (Å²) < 4.78 is 79.3. The highest BCUT2D eigenvalue weighted by atomic mass is 19.4. The highest BCUT2D eigenvalue weighted by Crippen LogP contribution is 2.30. The maximum atomic E-state index is 13.1. The van der Waals surface area contributed by atoms with E-state index in [9.17, 15) is 35.9 Å². The summed E-state index contributed by atoms with van der Waals surface area (Å²) in [4.78, 5) is 26.0. The predicted octanol–water partition coefficient (Wildman–Crippen LogP) is 9.86. The van der Waals surface area contributed by atoms with E-state index < -0.39 is 35.3 Å². The summed E-state index contributed by atoms with van der Waals surface area (Å²) in [6.07, 6.45) is -2.58. The lowest BCUT2D eigenvalue weighted by Gasteiger charge is -2.13. The molecule has 0 saturated heterocycles. The van der Waals surface area contributed by atoms with Crippen LogP contribution in [0.4, 0.5) is 26.3 Å². The van der Waals surface area contributed by atoms with Crippen molar-refractivity contribution >= 4 is 22.6 Å². The van der Waals surface area contributed by atoms with Crippen LogP contribution in [0.5, 0.6) is 11.5 Å². The lowest BCUT2D eigenvalue weighted by Crippen LogP contribution is -2.25. The number of ether oxygens (including phenoxy) is 1. The minimum atomic E-state index is -4.48. The largest absolute Gasteiger partial charge is 0.457 e. The number of hydrogen-bond donors (Lipinski definition) is 2. The van der Waals surface area contributed by atoms with Crippen molar-refractivity contribution in [2.24, 2.45) is 0 Å². The van der Waals surface area contributed by atoms with Crippen molar-refractivity contribution in [3.63, 3.8) is 0 Å². The van der Waals surface area contributed by atoms with Gasteiger partial charge in [0.2, 0.25) is 0 Å².